The molecule has 0 aliphatic carbocycles. The predicted octanol–water partition coefficient (Wildman–Crippen LogP) is 2.65. The van der Waals surface area contributed by atoms with Gasteiger partial charge in [0, 0.05) is 24.6 Å². The number of alkyl halides is 1. The average Bonchev–Trinajstić information content (AvgIpc) is 2.82. The normalized spacial score (nSPS) is 12.1. The first-order chi connectivity index (χ1) is 8.65. The summed E-state index contributed by atoms with van der Waals surface area (Å²) in [6.45, 7) is 2.54. The van der Waals surface area contributed by atoms with Gasteiger partial charge in [-0.15, -0.1) is 0 Å². The van der Waals surface area contributed by atoms with Gasteiger partial charge in [-0.3, -0.25) is 4.79 Å². The Bertz CT molecular complexity index is 523. The molecule has 0 aliphatic heterocycles. The molecule has 1 unspecified atom stereocenters. The lowest BCUT2D eigenvalue weighted by atomic mass is 10.2. The van der Waals surface area contributed by atoms with Gasteiger partial charge in [0.25, 0.3) is 0 Å². The van der Waals surface area contributed by atoms with Crippen molar-refractivity contribution in [3.8, 4) is 0 Å². The van der Waals surface area contributed by atoms with Crippen LogP contribution in [0.1, 0.15) is 12.5 Å². The van der Waals surface area contributed by atoms with Gasteiger partial charge in [0.15, 0.2) is 0 Å². The summed E-state index contributed by atoms with van der Waals surface area (Å²) in [7, 11) is 0. The molecule has 1 atom stereocenters. The Morgan fingerprint density at radius 3 is 3.06 bits per heavy atom. The molecule has 1 aromatic heterocycles. The molecular weight excluding hydrogens is 294 g/mol. The first-order valence-electron chi connectivity index (χ1n) is 5.65. The number of nitrogens with one attached hydrogen (secondary N) is 1. The van der Waals surface area contributed by atoms with Crippen molar-refractivity contribution in [1.82, 2.24) is 9.55 Å². The van der Waals surface area contributed by atoms with Crippen molar-refractivity contribution in [3.63, 3.8) is 0 Å². The highest BCUT2D eigenvalue weighted by Crippen LogP contribution is 2.13. The summed E-state index contributed by atoms with van der Waals surface area (Å²) >= 11 is 3.24. The molecule has 1 N–H and O–H groups in total. The molecule has 1 heterocycles. The molecule has 0 saturated carbocycles. The van der Waals surface area contributed by atoms with Gasteiger partial charge in [-0.1, -0.05) is 28.1 Å². The van der Waals surface area contributed by atoms with Crippen LogP contribution in [0.3, 0.4) is 0 Å². The van der Waals surface area contributed by atoms with Gasteiger partial charge >= 0.3 is 0 Å². The highest BCUT2D eigenvalue weighted by atomic mass is 79.9. The third kappa shape index (κ3) is 3.43. The molecule has 0 fully saturated rings. The maximum absolute atomic E-state index is 11.6. The number of hydrogen-bond acceptors (Lipinski definition) is 2. The quantitative estimate of drug-likeness (QED) is 0.883. The number of hydrogen-bond donors (Lipinski definition) is 1. The second-order valence-corrected chi connectivity index (χ2v) is 5.41. The number of carbonyl (C=O) groups excluding carboxylic acids is 1. The minimum Gasteiger partial charge on any atom is -0.333 e. The van der Waals surface area contributed by atoms with Crippen LogP contribution in [0.4, 0.5) is 5.69 Å². The van der Waals surface area contributed by atoms with Crippen LogP contribution in [0.25, 0.3) is 0 Å². The number of aromatic nitrogens is 2. The zero-order valence-corrected chi connectivity index (χ0v) is 11.6. The number of benzene rings is 1. The molecule has 0 radical (unpaired) electrons. The number of amides is 1. The number of rotatable bonds is 4. The predicted molar refractivity (Wildman–Crippen MR) is 74.8 cm³/mol. The van der Waals surface area contributed by atoms with E-state index < -0.39 is 0 Å². The maximum atomic E-state index is 11.6. The number of imidazole rings is 1. The molecule has 2 rings (SSSR count). The van der Waals surface area contributed by atoms with E-state index in [9.17, 15) is 4.79 Å². The lowest BCUT2D eigenvalue weighted by Crippen LogP contribution is -2.19. The zero-order chi connectivity index (χ0) is 13.0. The fraction of sp³-hybridized carbons (Fsp3) is 0.231. The van der Waals surface area contributed by atoms with Gasteiger partial charge in [-0.05, 0) is 24.6 Å². The summed E-state index contributed by atoms with van der Waals surface area (Å²) in [6.07, 6.45) is 5.43. The van der Waals surface area contributed by atoms with E-state index in [2.05, 4.69) is 26.2 Å². The van der Waals surface area contributed by atoms with E-state index in [0.717, 1.165) is 17.8 Å². The van der Waals surface area contributed by atoms with Crippen LogP contribution in [0.15, 0.2) is 43.0 Å². The van der Waals surface area contributed by atoms with Gasteiger partial charge in [0.1, 0.15) is 0 Å². The maximum Gasteiger partial charge on any atom is 0.237 e. The van der Waals surface area contributed by atoms with E-state index in [4.69, 9.17) is 0 Å². The Balaban J connectivity index is 2.08. The molecule has 5 heteroatoms. The third-order valence-corrected chi connectivity index (χ3v) is 2.90. The zero-order valence-electron chi connectivity index (χ0n) is 10.0. The van der Waals surface area contributed by atoms with Crippen LogP contribution < -0.4 is 5.32 Å². The van der Waals surface area contributed by atoms with Crippen molar-refractivity contribution in [3.05, 3.63) is 48.5 Å². The number of carbonyl (C=O) groups is 1. The highest BCUT2D eigenvalue weighted by Gasteiger charge is 2.08. The molecule has 0 saturated heterocycles. The molecule has 4 nitrogen and oxygen atoms in total. The standard InChI is InChI=1S/C13H14BrN3O/c1-10(14)13(18)16-12-4-2-3-11(7-12)8-17-6-5-15-9-17/h2-7,9-10H,8H2,1H3,(H,16,18). The molecule has 1 amide bonds. The second-order valence-electron chi connectivity index (χ2n) is 4.04. The highest BCUT2D eigenvalue weighted by molar-refractivity contribution is 9.10. The van der Waals surface area contributed by atoms with Crippen LogP contribution in [0, 0.1) is 0 Å². The minimum atomic E-state index is -0.199. The molecule has 0 aliphatic rings. The Kier molecular flexibility index (Phi) is 4.15. The van der Waals surface area contributed by atoms with Gasteiger partial charge in [0.2, 0.25) is 5.91 Å². The van der Waals surface area contributed by atoms with E-state index in [1.54, 1.807) is 19.4 Å². The molecule has 0 spiro atoms. The molecule has 0 bridgehead atoms. The van der Waals surface area contributed by atoms with Gasteiger partial charge < -0.3 is 9.88 Å². The summed E-state index contributed by atoms with van der Waals surface area (Å²) in [5.74, 6) is -0.0465. The molecule has 94 valence electrons. The van der Waals surface area contributed by atoms with Crippen LogP contribution >= 0.6 is 15.9 Å². The summed E-state index contributed by atoms with van der Waals surface area (Å²) in [5.41, 5.74) is 1.93. The van der Waals surface area contributed by atoms with Gasteiger partial charge in [-0.2, -0.15) is 0 Å². The Labute approximate surface area is 114 Å². The topological polar surface area (TPSA) is 46.9 Å². The second kappa shape index (κ2) is 5.82. The lowest BCUT2D eigenvalue weighted by Gasteiger charge is -2.09. The third-order valence-electron chi connectivity index (χ3n) is 2.48. The Morgan fingerprint density at radius 1 is 1.56 bits per heavy atom. The van der Waals surface area contributed by atoms with E-state index in [0.29, 0.717) is 0 Å². The van der Waals surface area contributed by atoms with E-state index in [1.165, 1.54) is 0 Å². The first kappa shape index (κ1) is 12.8. The van der Waals surface area contributed by atoms with Crippen molar-refractivity contribution >= 4 is 27.5 Å². The van der Waals surface area contributed by atoms with Crippen LogP contribution in [0.5, 0.6) is 0 Å². The summed E-state index contributed by atoms with van der Waals surface area (Å²) in [4.78, 5) is 15.4. The molecular formula is C13H14BrN3O. The van der Waals surface area contributed by atoms with E-state index in [-0.39, 0.29) is 10.7 Å². The lowest BCUT2D eigenvalue weighted by molar-refractivity contribution is -0.115. The molecule has 2 aromatic rings. The first-order valence-corrected chi connectivity index (χ1v) is 6.56. The van der Waals surface area contributed by atoms with Crippen LogP contribution in [-0.4, -0.2) is 20.3 Å². The number of nitrogens with zero attached hydrogens (tertiary/aromatic N) is 2. The summed E-state index contributed by atoms with van der Waals surface area (Å²) in [6, 6.07) is 7.80. The van der Waals surface area contributed by atoms with Crippen molar-refractivity contribution in [1.29, 1.82) is 0 Å². The SMILES string of the molecule is CC(Br)C(=O)Nc1cccc(Cn2ccnc2)c1. The molecule has 1 aromatic carbocycles. The number of halogens is 1. The smallest absolute Gasteiger partial charge is 0.237 e. The van der Waals surface area contributed by atoms with Crippen molar-refractivity contribution in [2.75, 3.05) is 5.32 Å². The largest absolute Gasteiger partial charge is 0.333 e. The Morgan fingerprint density at radius 2 is 2.39 bits per heavy atom. The van der Waals surface area contributed by atoms with E-state index in [1.807, 2.05) is 35.0 Å². The van der Waals surface area contributed by atoms with Gasteiger partial charge in [0.05, 0.1) is 11.2 Å². The van der Waals surface area contributed by atoms with Crippen LogP contribution in [0.2, 0.25) is 0 Å². The van der Waals surface area contributed by atoms with Crippen molar-refractivity contribution in [2.45, 2.75) is 18.3 Å². The summed E-state index contributed by atoms with van der Waals surface area (Å²) < 4.78 is 1.98. The average molecular weight is 308 g/mol. The fourth-order valence-electron chi connectivity index (χ4n) is 1.58. The number of anilines is 1. The van der Waals surface area contributed by atoms with E-state index >= 15 is 0 Å². The van der Waals surface area contributed by atoms with Crippen LogP contribution in [-0.2, 0) is 11.3 Å². The monoisotopic (exact) mass is 307 g/mol. The fourth-order valence-corrected chi connectivity index (χ4v) is 1.69. The minimum absolute atomic E-state index is 0.0465. The summed E-state index contributed by atoms with van der Waals surface area (Å²) in [5, 5.41) is 2.85. The van der Waals surface area contributed by atoms with Gasteiger partial charge in [-0.25, -0.2) is 4.98 Å². The van der Waals surface area contributed by atoms with Crippen molar-refractivity contribution < 1.29 is 4.79 Å². The van der Waals surface area contributed by atoms with Crippen molar-refractivity contribution in [2.24, 2.45) is 0 Å². The Hall–Kier alpha value is -1.62. The molecule has 18 heavy (non-hydrogen) atoms.